The SMILES string of the molecule is COc1cccc(-c2n[nH]c3c2C(c2cccs2)NC3=O)c1. The molecule has 1 unspecified atom stereocenters. The Morgan fingerprint density at radius 3 is 2.95 bits per heavy atom. The van der Waals surface area contributed by atoms with Crippen LogP contribution in [0.5, 0.6) is 5.75 Å². The fourth-order valence-corrected chi connectivity index (χ4v) is 3.52. The molecule has 1 amide bonds. The van der Waals surface area contributed by atoms with Crippen molar-refractivity contribution in [3.63, 3.8) is 0 Å². The number of carbonyl (C=O) groups excluding carboxylic acids is 1. The number of nitrogens with zero attached hydrogens (tertiary/aromatic N) is 1. The first-order valence-electron chi connectivity index (χ1n) is 6.85. The van der Waals surface area contributed by atoms with Crippen molar-refractivity contribution in [2.45, 2.75) is 6.04 Å². The highest BCUT2D eigenvalue weighted by molar-refractivity contribution is 7.10. The highest BCUT2D eigenvalue weighted by atomic mass is 32.1. The van der Waals surface area contributed by atoms with Gasteiger partial charge in [-0.25, -0.2) is 0 Å². The molecule has 4 rings (SSSR count). The summed E-state index contributed by atoms with van der Waals surface area (Å²) >= 11 is 1.62. The van der Waals surface area contributed by atoms with Crippen LogP contribution in [0, 0.1) is 0 Å². The van der Waals surface area contributed by atoms with E-state index in [-0.39, 0.29) is 11.9 Å². The molecule has 0 bridgehead atoms. The van der Waals surface area contributed by atoms with Crippen LogP contribution < -0.4 is 10.1 Å². The monoisotopic (exact) mass is 311 g/mol. The lowest BCUT2D eigenvalue weighted by Gasteiger charge is -2.11. The second kappa shape index (κ2) is 4.99. The predicted molar refractivity (Wildman–Crippen MR) is 84.2 cm³/mol. The molecule has 3 aromatic rings. The molecule has 3 heterocycles. The highest BCUT2D eigenvalue weighted by Gasteiger charge is 2.35. The lowest BCUT2D eigenvalue weighted by molar-refractivity contribution is 0.0956. The fourth-order valence-electron chi connectivity index (χ4n) is 2.74. The van der Waals surface area contributed by atoms with Gasteiger partial charge in [0.25, 0.3) is 5.91 Å². The molecule has 0 saturated heterocycles. The van der Waals surface area contributed by atoms with E-state index in [0.29, 0.717) is 5.69 Å². The van der Waals surface area contributed by atoms with Gasteiger partial charge in [-0.2, -0.15) is 5.10 Å². The van der Waals surface area contributed by atoms with E-state index in [1.54, 1.807) is 18.4 Å². The van der Waals surface area contributed by atoms with Crippen LogP contribution in [0.3, 0.4) is 0 Å². The normalized spacial score (nSPS) is 16.4. The molecule has 0 fully saturated rings. The van der Waals surface area contributed by atoms with Crippen molar-refractivity contribution in [2.75, 3.05) is 7.11 Å². The third-order valence-corrected chi connectivity index (χ3v) is 4.70. The maximum atomic E-state index is 12.1. The molecule has 1 aliphatic rings. The van der Waals surface area contributed by atoms with E-state index in [2.05, 4.69) is 15.5 Å². The van der Waals surface area contributed by atoms with Crippen molar-refractivity contribution < 1.29 is 9.53 Å². The molecular formula is C16H13N3O2S. The highest BCUT2D eigenvalue weighted by Crippen LogP contribution is 2.38. The van der Waals surface area contributed by atoms with Gasteiger partial charge < -0.3 is 10.1 Å². The standard InChI is InChI=1S/C16H13N3O2S/c1-21-10-5-2-4-9(8-10)13-12-14(11-6-3-7-22-11)17-16(20)15(12)19-18-13/h2-8,14H,1H3,(H,17,20)(H,18,19). The summed E-state index contributed by atoms with van der Waals surface area (Å²) < 4.78 is 5.27. The number of nitrogens with one attached hydrogen (secondary N) is 2. The molecule has 1 atom stereocenters. The first kappa shape index (κ1) is 13.1. The summed E-state index contributed by atoms with van der Waals surface area (Å²) in [5.74, 6) is 0.647. The molecule has 1 aliphatic heterocycles. The van der Waals surface area contributed by atoms with E-state index in [4.69, 9.17) is 4.74 Å². The van der Waals surface area contributed by atoms with Crippen LogP contribution in [0.25, 0.3) is 11.3 Å². The zero-order valence-electron chi connectivity index (χ0n) is 11.8. The average molecular weight is 311 g/mol. The van der Waals surface area contributed by atoms with Crippen molar-refractivity contribution in [1.29, 1.82) is 0 Å². The maximum absolute atomic E-state index is 12.1. The van der Waals surface area contributed by atoms with Gasteiger partial charge in [0.15, 0.2) is 0 Å². The third-order valence-electron chi connectivity index (χ3n) is 3.77. The largest absolute Gasteiger partial charge is 0.497 e. The van der Waals surface area contributed by atoms with Gasteiger partial charge in [-0.05, 0) is 23.6 Å². The van der Waals surface area contributed by atoms with Crippen molar-refractivity contribution in [3.8, 4) is 17.0 Å². The number of benzene rings is 1. The zero-order chi connectivity index (χ0) is 15.1. The number of hydrogen-bond acceptors (Lipinski definition) is 4. The molecule has 2 N–H and O–H groups in total. The van der Waals surface area contributed by atoms with Gasteiger partial charge in [-0.15, -0.1) is 11.3 Å². The van der Waals surface area contributed by atoms with E-state index in [0.717, 1.165) is 27.4 Å². The first-order valence-corrected chi connectivity index (χ1v) is 7.73. The van der Waals surface area contributed by atoms with Crippen molar-refractivity contribution in [3.05, 3.63) is 57.9 Å². The van der Waals surface area contributed by atoms with Crippen LogP contribution in [-0.2, 0) is 0 Å². The van der Waals surface area contributed by atoms with Crippen molar-refractivity contribution >= 4 is 17.2 Å². The number of methoxy groups -OCH3 is 1. The molecule has 0 radical (unpaired) electrons. The minimum Gasteiger partial charge on any atom is -0.497 e. The number of hydrogen-bond donors (Lipinski definition) is 2. The van der Waals surface area contributed by atoms with Gasteiger partial charge in [0, 0.05) is 16.0 Å². The number of H-pyrrole nitrogens is 1. The Kier molecular flexibility index (Phi) is 2.97. The van der Waals surface area contributed by atoms with Crippen LogP contribution in [0.15, 0.2) is 41.8 Å². The predicted octanol–water partition coefficient (Wildman–Crippen LogP) is 2.98. The number of thiophene rings is 1. The van der Waals surface area contributed by atoms with E-state index >= 15 is 0 Å². The minimum atomic E-state index is -0.151. The van der Waals surface area contributed by atoms with Gasteiger partial charge in [-0.3, -0.25) is 9.89 Å². The smallest absolute Gasteiger partial charge is 0.270 e. The van der Waals surface area contributed by atoms with Crippen LogP contribution in [-0.4, -0.2) is 23.2 Å². The molecule has 1 aromatic carbocycles. The molecule has 6 heteroatoms. The van der Waals surface area contributed by atoms with Gasteiger partial charge in [0.05, 0.1) is 18.8 Å². The lowest BCUT2D eigenvalue weighted by Crippen LogP contribution is -2.20. The summed E-state index contributed by atoms with van der Waals surface area (Å²) in [6, 6.07) is 11.5. The van der Waals surface area contributed by atoms with Crippen molar-refractivity contribution in [1.82, 2.24) is 15.5 Å². The van der Waals surface area contributed by atoms with Gasteiger partial charge in [0.2, 0.25) is 0 Å². The Morgan fingerprint density at radius 2 is 2.18 bits per heavy atom. The van der Waals surface area contributed by atoms with Crippen LogP contribution in [0.4, 0.5) is 0 Å². The second-order valence-corrected chi connectivity index (χ2v) is 5.99. The molecule has 5 nitrogen and oxygen atoms in total. The third kappa shape index (κ3) is 1.92. The van der Waals surface area contributed by atoms with Gasteiger partial charge >= 0.3 is 0 Å². The number of rotatable bonds is 3. The zero-order valence-corrected chi connectivity index (χ0v) is 12.6. The van der Waals surface area contributed by atoms with E-state index in [1.165, 1.54) is 0 Å². The number of amides is 1. The Labute approximate surface area is 130 Å². The summed E-state index contributed by atoms with van der Waals surface area (Å²) in [5, 5.41) is 12.2. The topological polar surface area (TPSA) is 67.0 Å². The quantitative estimate of drug-likeness (QED) is 0.781. The van der Waals surface area contributed by atoms with Crippen LogP contribution >= 0.6 is 11.3 Å². The number of aromatic nitrogens is 2. The summed E-state index contributed by atoms with van der Waals surface area (Å²) in [5.41, 5.74) is 3.15. The molecule has 22 heavy (non-hydrogen) atoms. The van der Waals surface area contributed by atoms with E-state index in [1.807, 2.05) is 41.8 Å². The Morgan fingerprint density at radius 1 is 1.27 bits per heavy atom. The number of fused-ring (bicyclic) bond motifs is 1. The van der Waals surface area contributed by atoms with E-state index in [9.17, 15) is 4.79 Å². The summed E-state index contributed by atoms with van der Waals surface area (Å²) in [4.78, 5) is 13.2. The Hall–Kier alpha value is -2.60. The summed E-state index contributed by atoms with van der Waals surface area (Å²) in [7, 11) is 1.63. The molecule has 0 aliphatic carbocycles. The van der Waals surface area contributed by atoms with Gasteiger partial charge in [-0.1, -0.05) is 18.2 Å². The minimum absolute atomic E-state index is 0.116. The summed E-state index contributed by atoms with van der Waals surface area (Å²) in [6.07, 6.45) is 0. The number of carbonyl (C=O) groups is 1. The van der Waals surface area contributed by atoms with Crippen LogP contribution in [0.1, 0.15) is 27.0 Å². The van der Waals surface area contributed by atoms with Crippen LogP contribution in [0.2, 0.25) is 0 Å². The van der Waals surface area contributed by atoms with E-state index < -0.39 is 0 Å². The first-order chi connectivity index (χ1) is 10.8. The molecule has 0 saturated carbocycles. The Balaban J connectivity index is 1.86. The number of aromatic amines is 1. The molecule has 110 valence electrons. The lowest BCUT2D eigenvalue weighted by atomic mass is 10.0. The second-order valence-electron chi connectivity index (χ2n) is 5.01. The molecular weight excluding hydrogens is 298 g/mol. The maximum Gasteiger partial charge on any atom is 0.270 e. The molecule has 2 aromatic heterocycles. The Bertz CT molecular complexity index is 839. The average Bonchev–Trinajstić information content (AvgIpc) is 3.25. The number of ether oxygens (including phenoxy) is 1. The van der Waals surface area contributed by atoms with Gasteiger partial charge in [0.1, 0.15) is 11.4 Å². The fraction of sp³-hybridized carbons (Fsp3) is 0.125. The molecule has 0 spiro atoms. The van der Waals surface area contributed by atoms with Crippen molar-refractivity contribution in [2.24, 2.45) is 0 Å². The summed E-state index contributed by atoms with van der Waals surface area (Å²) in [6.45, 7) is 0.